The van der Waals surface area contributed by atoms with Crippen LogP contribution in [0.15, 0.2) is 42.5 Å². The van der Waals surface area contributed by atoms with Gasteiger partial charge in [-0.25, -0.2) is 5.21 Å². The van der Waals surface area contributed by atoms with Crippen LogP contribution in [0.5, 0.6) is 11.5 Å². The van der Waals surface area contributed by atoms with Crippen LogP contribution < -0.4 is 9.47 Å². The smallest absolute Gasteiger partial charge is 0.166 e. The maximum atomic E-state index is 13.0. The molecule has 0 bridgehead atoms. The van der Waals surface area contributed by atoms with Gasteiger partial charge in [-0.15, -0.1) is 0 Å². The second-order valence-electron chi connectivity index (χ2n) is 8.49. The van der Waals surface area contributed by atoms with Crippen molar-refractivity contribution in [1.82, 2.24) is 0 Å². The number of rotatable bonds is 6. The first-order chi connectivity index (χ1) is 14.0. The summed E-state index contributed by atoms with van der Waals surface area (Å²) in [6.07, 6.45) is 3.57. The van der Waals surface area contributed by atoms with Gasteiger partial charge in [0.15, 0.2) is 17.3 Å². The Morgan fingerprint density at radius 3 is 2.34 bits per heavy atom. The molecule has 29 heavy (non-hydrogen) atoms. The van der Waals surface area contributed by atoms with Crippen molar-refractivity contribution in [1.29, 1.82) is 0 Å². The summed E-state index contributed by atoms with van der Waals surface area (Å²) in [6.45, 7) is 2.14. The maximum Gasteiger partial charge on any atom is 0.166 e. The monoisotopic (exact) mass is 396 g/mol. The number of methoxy groups -OCH3 is 2. The lowest BCUT2D eigenvalue weighted by Crippen LogP contribution is -2.49. The molecule has 1 heterocycles. The van der Waals surface area contributed by atoms with Crippen molar-refractivity contribution in [2.45, 2.75) is 32.2 Å². The number of hydrogen-bond acceptors (Lipinski definition) is 4. The molecule has 154 valence electrons. The quantitative estimate of drug-likeness (QED) is 0.741. The molecule has 2 aromatic rings. The zero-order valence-corrected chi connectivity index (χ0v) is 17.3. The van der Waals surface area contributed by atoms with Gasteiger partial charge in [-0.2, -0.15) is 4.65 Å². The zero-order chi connectivity index (χ0) is 20.4. The number of ether oxygens (including phenoxy) is 2. The number of fused-ring (bicyclic) bond motifs is 1. The van der Waals surface area contributed by atoms with Crippen LogP contribution in [0.3, 0.4) is 0 Å². The average molecular weight is 397 g/mol. The Bertz CT molecular complexity index is 872. The maximum absolute atomic E-state index is 13.0. The molecule has 5 heteroatoms. The number of quaternary nitrogens is 1. The first-order valence-electron chi connectivity index (χ1n) is 10.4. The van der Waals surface area contributed by atoms with Gasteiger partial charge in [0.2, 0.25) is 0 Å². The van der Waals surface area contributed by atoms with Crippen LogP contribution in [0.1, 0.15) is 40.7 Å². The number of carbonyl (C=O) groups is 1. The lowest BCUT2D eigenvalue weighted by molar-refractivity contribution is -1.12. The minimum Gasteiger partial charge on any atom is -0.493 e. The summed E-state index contributed by atoms with van der Waals surface area (Å²) in [7, 11) is 3.22. The number of Topliss-reactive ketones (excluding diaryl/α,β-unsaturated/α-hetero) is 1. The molecule has 2 aliphatic rings. The van der Waals surface area contributed by atoms with E-state index < -0.39 is 0 Å². The van der Waals surface area contributed by atoms with Crippen molar-refractivity contribution in [2.75, 3.05) is 27.3 Å². The first-order valence-corrected chi connectivity index (χ1v) is 10.4. The van der Waals surface area contributed by atoms with Crippen molar-refractivity contribution in [3.63, 3.8) is 0 Å². The van der Waals surface area contributed by atoms with E-state index in [4.69, 9.17) is 9.47 Å². The summed E-state index contributed by atoms with van der Waals surface area (Å²) in [5.41, 5.74) is 3.00. The van der Waals surface area contributed by atoms with Crippen molar-refractivity contribution < 1.29 is 24.1 Å². The Balaban J connectivity index is 1.37. The van der Waals surface area contributed by atoms with Crippen molar-refractivity contribution in [3.8, 4) is 11.5 Å². The second-order valence-corrected chi connectivity index (χ2v) is 8.49. The molecule has 2 aromatic carbocycles. The number of benzene rings is 2. The van der Waals surface area contributed by atoms with Gasteiger partial charge in [0.05, 0.1) is 14.2 Å². The molecule has 1 saturated heterocycles. The van der Waals surface area contributed by atoms with Crippen LogP contribution >= 0.6 is 0 Å². The van der Waals surface area contributed by atoms with E-state index in [0.29, 0.717) is 24.0 Å². The highest BCUT2D eigenvalue weighted by Gasteiger charge is 2.38. The lowest BCUT2D eigenvalue weighted by Gasteiger charge is -2.37. The Morgan fingerprint density at radius 1 is 1.03 bits per heavy atom. The predicted molar refractivity (Wildman–Crippen MR) is 110 cm³/mol. The summed E-state index contributed by atoms with van der Waals surface area (Å²) in [6, 6.07) is 13.9. The molecule has 1 aliphatic carbocycles. The van der Waals surface area contributed by atoms with Gasteiger partial charge in [-0.1, -0.05) is 30.3 Å². The van der Waals surface area contributed by atoms with E-state index in [1.807, 2.05) is 30.3 Å². The molecule has 0 radical (unpaired) electrons. The minimum atomic E-state index is 0.0274. The molecule has 1 aliphatic heterocycles. The molecule has 5 nitrogen and oxygen atoms in total. The second kappa shape index (κ2) is 8.17. The van der Waals surface area contributed by atoms with E-state index in [1.54, 1.807) is 14.2 Å². The van der Waals surface area contributed by atoms with Crippen LogP contribution in [0.2, 0.25) is 0 Å². The fourth-order valence-corrected chi connectivity index (χ4v) is 4.91. The number of hydroxylamine groups is 3. The van der Waals surface area contributed by atoms with Crippen LogP contribution in [0.4, 0.5) is 0 Å². The molecular weight excluding hydrogens is 366 g/mol. The third-order valence-electron chi connectivity index (χ3n) is 6.56. The van der Waals surface area contributed by atoms with Crippen LogP contribution in [-0.4, -0.2) is 42.9 Å². The van der Waals surface area contributed by atoms with E-state index in [2.05, 4.69) is 12.1 Å². The fraction of sp³-hybridized carbons (Fsp3) is 0.458. The molecule has 1 unspecified atom stereocenters. The van der Waals surface area contributed by atoms with E-state index in [1.165, 1.54) is 0 Å². The van der Waals surface area contributed by atoms with Gasteiger partial charge in [0, 0.05) is 29.9 Å². The highest BCUT2D eigenvalue weighted by Crippen LogP contribution is 2.40. The Kier molecular flexibility index (Phi) is 5.61. The Morgan fingerprint density at radius 2 is 1.69 bits per heavy atom. The number of hydrogen-bond donors (Lipinski definition) is 1. The largest absolute Gasteiger partial charge is 0.493 e. The molecule has 0 amide bonds. The molecule has 4 rings (SSSR count). The molecule has 1 fully saturated rings. The van der Waals surface area contributed by atoms with E-state index in [-0.39, 0.29) is 16.3 Å². The molecule has 1 atom stereocenters. The van der Waals surface area contributed by atoms with Gasteiger partial charge >= 0.3 is 0 Å². The van der Waals surface area contributed by atoms with Crippen LogP contribution in [0, 0.1) is 11.8 Å². The SMILES string of the molecule is COc1cc2c(cc1OC)C(=O)C(CC1CC[N+](O)(Cc3ccccc3)CC1)C2. The number of piperidine rings is 1. The summed E-state index contributed by atoms with van der Waals surface area (Å²) < 4.78 is 10.9. The van der Waals surface area contributed by atoms with Crippen molar-refractivity contribution in [2.24, 2.45) is 11.8 Å². The van der Waals surface area contributed by atoms with E-state index in [9.17, 15) is 10.0 Å². The minimum absolute atomic E-state index is 0.0274. The topological polar surface area (TPSA) is 55.8 Å². The third-order valence-corrected chi connectivity index (χ3v) is 6.56. The molecular formula is C24H30NO4+. The third kappa shape index (κ3) is 4.16. The molecule has 0 aromatic heterocycles. The number of ketones is 1. The highest BCUT2D eigenvalue weighted by molar-refractivity contribution is 6.02. The van der Waals surface area contributed by atoms with Gasteiger partial charge in [0.1, 0.15) is 19.6 Å². The Labute approximate surface area is 172 Å². The number of carbonyl (C=O) groups excluding carboxylic acids is 1. The molecule has 0 spiro atoms. The highest BCUT2D eigenvalue weighted by atomic mass is 16.5. The van der Waals surface area contributed by atoms with Crippen LogP contribution in [-0.2, 0) is 13.0 Å². The first kappa shape index (κ1) is 19.9. The summed E-state index contributed by atoms with van der Waals surface area (Å²) in [4.78, 5) is 13.0. The number of likely N-dealkylation sites (tertiary alicyclic amines) is 1. The summed E-state index contributed by atoms with van der Waals surface area (Å²) in [5.74, 6) is 2.03. The Hall–Kier alpha value is -2.37. The van der Waals surface area contributed by atoms with Crippen molar-refractivity contribution >= 4 is 5.78 Å². The average Bonchev–Trinajstić information content (AvgIpc) is 3.04. The molecule has 0 saturated carbocycles. The summed E-state index contributed by atoms with van der Waals surface area (Å²) in [5, 5.41) is 11.0. The van der Waals surface area contributed by atoms with Crippen molar-refractivity contribution in [3.05, 3.63) is 59.2 Å². The zero-order valence-electron chi connectivity index (χ0n) is 17.3. The van der Waals surface area contributed by atoms with Gasteiger partial charge in [-0.05, 0) is 36.5 Å². The van der Waals surface area contributed by atoms with Gasteiger partial charge in [-0.3, -0.25) is 4.79 Å². The normalized spacial score (nSPS) is 26.2. The number of nitrogens with zero attached hydrogens (tertiary/aromatic N) is 1. The summed E-state index contributed by atoms with van der Waals surface area (Å²) >= 11 is 0. The van der Waals surface area contributed by atoms with Gasteiger partial charge < -0.3 is 9.47 Å². The molecule has 1 N–H and O–H groups in total. The predicted octanol–water partition coefficient (Wildman–Crippen LogP) is 4.27. The van der Waals surface area contributed by atoms with Crippen LogP contribution in [0.25, 0.3) is 0 Å². The van der Waals surface area contributed by atoms with E-state index in [0.717, 1.165) is 55.5 Å². The van der Waals surface area contributed by atoms with E-state index >= 15 is 0 Å². The van der Waals surface area contributed by atoms with Gasteiger partial charge in [0.25, 0.3) is 0 Å². The fourth-order valence-electron chi connectivity index (χ4n) is 4.91. The lowest BCUT2D eigenvalue weighted by atomic mass is 9.85. The standard InChI is InChI=1S/C24H30NO4/c1-28-22-14-19-13-20(24(26)21(19)15-23(22)29-2)12-17-8-10-25(27,11-9-17)16-18-6-4-3-5-7-18/h3-7,14-15,17,20,27H,8-13,16H2,1-2H3/q+1.